The Bertz CT molecular complexity index is 762. The van der Waals surface area contributed by atoms with E-state index in [0.717, 1.165) is 23.4 Å². The van der Waals surface area contributed by atoms with E-state index in [2.05, 4.69) is 10.3 Å². The van der Waals surface area contributed by atoms with Crippen LogP contribution in [0.4, 0.5) is 0 Å². The Hall–Kier alpha value is -2.89. The third-order valence-corrected chi connectivity index (χ3v) is 4.87. The lowest BCUT2D eigenvalue weighted by molar-refractivity contribution is -0.138. The molecule has 27 heavy (non-hydrogen) atoms. The van der Waals surface area contributed by atoms with Gasteiger partial charge in [0.1, 0.15) is 5.75 Å². The first-order chi connectivity index (χ1) is 13.2. The van der Waals surface area contributed by atoms with Gasteiger partial charge in [0.15, 0.2) is 0 Å². The van der Waals surface area contributed by atoms with E-state index in [1.165, 1.54) is 0 Å². The fraction of sp³-hybridized carbons (Fsp3) is 0.381. The number of aromatic nitrogens is 1. The number of carbonyl (C=O) groups excluding carboxylic acids is 2. The molecule has 1 aliphatic heterocycles. The summed E-state index contributed by atoms with van der Waals surface area (Å²) in [6.45, 7) is 1.51. The van der Waals surface area contributed by atoms with E-state index in [1.54, 1.807) is 18.2 Å². The van der Waals surface area contributed by atoms with Crippen molar-refractivity contribution in [2.24, 2.45) is 5.92 Å². The molecule has 2 amide bonds. The van der Waals surface area contributed by atoms with Gasteiger partial charge in [-0.1, -0.05) is 18.2 Å². The van der Waals surface area contributed by atoms with Crippen molar-refractivity contribution in [3.05, 3.63) is 59.9 Å². The summed E-state index contributed by atoms with van der Waals surface area (Å²) >= 11 is 0. The summed E-state index contributed by atoms with van der Waals surface area (Å²) < 4.78 is 5.16. The van der Waals surface area contributed by atoms with Gasteiger partial charge in [-0.25, -0.2) is 0 Å². The number of methoxy groups -OCH3 is 1. The third-order valence-electron chi connectivity index (χ3n) is 4.87. The first-order valence-corrected chi connectivity index (χ1v) is 9.24. The molecule has 3 rings (SSSR count). The van der Waals surface area contributed by atoms with Gasteiger partial charge in [-0.3, -0.25) is 14.6 Å². The van der Waals surface area contributed by atoms with Crippen LogP contribution in [0.2, 0.25) is 0 Å². The molecule has 0 aliphatic carbocycles. The van der Waals surface area contributed by atoms with Crippen molar-refractivity contribution in [1.29, 1.82) is 0 Å². The van der Waals surface area contributed by atoms with E-state index in [9.17, 15) is 9.59 Å². The van der Waals surface area contributed by atoms with Crippen LogP contribution < -0.4 is 10.1 Å². The Morgan fingerprint density at radius 2 is 2.07 bits per heavy atom. The SMILES string of the molecule is COc1ccc(CCN2C[C@H](C(=O)NCc3ccccn3)CCC2=O)cc1. The van der Waals surface area contributed by atoms with Gasteiger partial charge in [0.25, 0.3) is 0 Å². The number of carbonyl (C=O) groups is 2. The first-order valence-electron chi connectivity index (χ1n) is 9.24. The molecule has 1 N–H and O–H groups in total. The zero-order chi connectivity index (χ0) is 19.1. The van der Waals surface area contributed by atoms with Crippen LogP contribution >= 0.6 is 0 Å². The maximum atomic E-state index is 12.5. The van der Waals surface area contributed by atoms with E-state index >= 15 is 0 Å². The van der Waals surface area contributed by atoms with Gasteiger partial charge < -0.3 is 15.0 Å². The number of rotatable bonds is 7. The van der Waals surface area contributed by atoms with E-state index < -0.39 is 0 Å². The normalized spacial score (nSPS) is 16.9. The van der Waals surface area contributed by atoms with Crippen LogP contribution in [0.25, 0.3) is 0 Å². The number of benzene rings is 1. The molecule has 6 nitrogen and oxygen atoms in total. The van der Waals surface area contributed by atoms with Crippen molar-refractivity contribution < 1.29 is 14.3 Å². The molecule has 6 heteroatoms. The largest absolute Gasteiger partial charge is 0.497 e. The number of likely N-dealkylation sites (tertiary alicyclic amines) is 1. The summed E-state index contributed by atoms with van der Waals surface area (Å²) in [5.74, 6) is 0.764. The molecule has 1 atom stereocenters. The molecule has 142 valence electrons. The minimum Gasteiger partial charge on any atom is -0.497 e. The van der Waals surface area contributed by atoms with Crippen LogP contribution in [-0.4, -0.2) is 41.9 Å². The van der Waals surface area contributed by atoms with Crippen molar-refractivity contribution in [1.82, 2.24) is 15.2 Å². The standard InChI is InChI=1S/C21H25N3O3/c1-27-19-8-5-16(6-9-19)11-13-24-15-17(7-10-20(24)25)21(26)23-14-18-4-2-3-12-22-18/h2-6,8-9,12,17H,7,10-11,13-15H2,1H3,(H,23,26)/t17-/m1/s1. The first kappa shape index (κ1) is 18.9. The zero-order valence-electron chi connectivity index (χ0n) is 15.6. The highest BCUT2D eigenvalue weighted by atomic mass is 16.5. The van der Waals surface area contributed by atoms with Gasteiger partial charge >= 0.3 is 0 Å². The summed E-state index contributed by atoms with van der Waals surface area (Å²) in [7, 11) is 1.64. The van der Waals surface area contributed by atoms with Gasteiger partial charge in [-0.2, -0.15) is 0 Å². The fourth-order valence-electron chi connectivity index (χ4n) is 3.23. The van der Waals surface area contributed by atoms with Crippen molar-refractivity contribution in [2.75, 3.05) is 20.2 Å². The highest BCUT2D eigenvalue weighted by Crippen LogP contribution is 2.19. The molecule has 1 aliphatic rings. The number of pyridine rings is 1. The Kier molecular flexibility index (Phi) is 6.41. The van der Waals surface area contributed by atoms with Gasteiger partial charge in [0.05, 0.1) is 25.3 Å². The molecule has 1 aromatic heterocycles. The molecule has 1 saturated heterocycles. The Morgan fingerprint density at radius 3 is 2.78 bits per heavy atom. The molecule has 2 aromatic rings. The van der Waals surface area contributed by atoms with Crippen molar-refractivity contribution in [3.8, 4) is 5.75 Å². The minimum atomic E-state index is -0.165. The molecule has 0 saturated carbocycles. The van der Waals surface area contributed by atoms with Gasteiger partial charge in [-0.15, -0.1) is 0 Å². The van der Waals surface area contributed by atoms with E-state index in [0.29, 0.717) is 32.5 Å². The molecule has 1 fully saturated rings. The predicted octanol–water partition coefficient (Wildman–Crippen LogP) is 2.19. The average molecular weight is 367 g/mol. The zero-order valence-corrected chi connectivity index (χ0v) is 15.6. The lowest BCUT2D eigenvalue weighted by Crippen LogP contribution is -2.46. The van der Waals surface area contributed by atoms with Crippen LogP contribution in [-0.2, 0) is 22.6 Å². The van der Waals surface area contributed by atoms with Crippen molar-refractivity contribution in [3.63, 3.8) is 0 Å². The van der Waals surface area contributed by atoms with Gasteiger partial charge in [0.2, 0.25) is 11.8 Å². The quantitative estimate of drug-likeness (QED) is 0.814. The Morgan fingerprint density at radius 1 is 1.26 bits per heavy atom. The molecule has 0 unspecified atom stereocenters. The number of piperidine rings is 1. The second-order valence-corrected chi connectivity index (χ2v) is 6.71. The maximum absolute atomic E-state index is 12.5. The Labute approximate surface area is 159 Å². The molecule has 1 aromatic carbocycles. The van der Waals surface area contributed by atoms with E-state index in [-0.39, 0.29) is 17.7 Å². The second kappa shape index (κ2) is 9.16. The molecule has 0 radical (unpaired) electrons. The van der Waals surface area contributed by atoms with Crippen molar-refractivity contribution >= 4 is 11.8 Å². The number of nitrogens with one attached hydrogen (secondary N) is 1. The Balaban J connectivity index is 1.50. The summed E-state index contributed by atoms with van der Waals surface area (Å²) in [6, 6.07) is 13.5. The molecule has 0 bridgehead atoms. The summed E-state index contributed by atoms with van der Waals surface area (Å²) in [4.78, 5) is 30.7. The number of amides is 2. The summed E-state index contributed by atoms with van der Waals surface area (Å²) in [5.41, 5.74) is 1.97. The average Bonchev–Trinajstić information content (AvgIpc) is 2.72. The highest BCUT2D eigenvalue weighted by molar-refractivity contribution is 5.83. The van der Waals surface area contributed by atoms with E-state index in [1.807, 2.05) is 42.5 Å². The maximum Gasteiger partial charge on any atom is 0.225 e. The van der Waals surface area contributed by atoms with E-state index in [4.69, 9.17) is 4.74 Å². The fourth-order valence-corrected chi connectivity index (χ4v) is 3.23. The monoisotopic (exact) mass is 367 g/mol. The molecular formula is C21H25N3O3. The molecule has 2 heterocycles. The smallest absolute Gasteiger partial charge is 0.225 e. The van der Waals surface area contributed by atoms with Crippen LogP contribution in [0.15, 0.2) is 48.7 Å². The topological polar surface area (TPSA) is 71.5 Å². The van der Waals surface area contributed by atoms with Crippen molar-refractivity contribution in [2.45, 2.75) is 25.8 Å². The van der Waals surface area contributed by atoms with Crippen LogP contribution in [0.5, 0.6) is 5.75 Å². The summed E-state index contributed by atoms with van der Waals surface area (Å²) in [6.07, 6.45) is 3.50. The molecule has 0 spiro atoms. The van der Waals surface area contributed by atoms with Crippen LogP contribution in [0.1, 0.15) is 24.1 Å². The lowest BCUT2D eigenvalue weighted by Gasteiger charge is -2.32. The molecular weight excluding hydrogens is 342 g/mol. The number of nitrogens with zero attached hydrogens (tertiary/aromatic N) is 2. The number of hydrogen-bond acceptors (Lipinski definition) is 4. The van der Waals surface area contributed by atoms with Gasteiger partial charge in [-0.05, 0) is 42.7 Å². The van der Waals surface area contributed by atoms with Crippen LogP contribution in [0, 0.1) is 5.92 Å². The minimum absolute atomic E-state index is 0.0115. The predicted molar refractivity (Wildman–Crippen MR) is 102 cm³/mol. The highest BCUT2D eigenvalue weighted by Gasteiger charge is 2.29. The number of ether oxygens (including phenoxy) is 1. The van der Waals surface area contributed by atoms with Crippen LogP contribution in [0.3, 0.4) is 0 Å². The third kappa shape index (κ3) is 5.29. The number of hydrogen-bond donors (Lipinski definition) is 1. The van der Waals surface area contributed by atoms with Gasteiger partial charge in [0, 0.05) is 25.7 Å². The lowest BCUT2D eigenvalue weighted by atomic mass is 9.96. The summed E-state index contributed by atoms with van der Waals surface area (Å²) in [5, 5.41) is 2.94. The second-order valence-electron chi connectivity index (χ2n) is 6.71.